The monoisotopic (exact) mass is 573 g/mol. The summed E-state index contributed by atoms with van der Waals surface area (Å²) in [6, 6.07) is 6.65. The smallest absolute Gasteiger partial charge is 0.412 e. The first-order chi connectivity index (χ1) is 17.6. The summed E-state index contributed by atoms with van der Waals surface area (Å²) < 4.78 is 56.0. The number of benzene rings is 1. The second-order valence-corrected chi connectivity index (χ2v) is 16.1. The van der Waals surface area contributed by atoms with Crippen LogP contribution in [0.25, 0.3) is 22.6 Å². The fourth-order valence-electron chi connectivity index (χ4n) is 4.03. The molecule has 2 heterocycles. The van der Waals surface area contributed by atoms with Gasteiger partial charge in [-0.05, 0) is 44.0 Å². The van der Waals surface area contributed by atoms with Gasteiger partial charge in [-0.1, -0.05) is 55.7 Å². The molecule has 0 amide bonds. The van der Waals surface area contributed by atoms with E-state index >= 15 is 0 Å². The zero-order valence-corrected chi connectivity index (χ0v) is 24.2. The number of aromatic nitrogens is 3. The minimum atomic E-state index is -4.78. The molecule has 1 aromatic carbocycles. The Hall–Kier alpha value is -2.18. The lowest BCUT2D eigenvalue weighted by atomic mass is 9.96. The molecule has 0 spiro atoms. The molecule has 2 N–H and O–H groups in total. The Kier molecular flexibility index (Phi) is 9.20. The Labute approximate surface area is 226 Å². The number of aliphatic hydroxyl groups excluding tert-OH is 2. The van der Waals surface area contributed by atoms with E-state index in [4.69, 9.17) is 20.6 Å². The largest absolute Gasteiger partial charge is 0.433 e. The highest BCUT2D eigenvalue weighted by Gasteiger charge is 2.43. The fraction of sp³-hybridized carbons (Fsp3) is 0.538. The highest BCUT2D eigenvalue weighted by atomic mass is 35.5. The quantitative estimate of drug-likeness (QED) is 0.251. The number of hydrogen-bond acceptors (Lipinski definition) is 6. The van der Waals surface area contributed by atoms with Gasteiger partial charge >= 0.3 is 6.18 Å². The summed E-state index contributed by atoms with van der Waals surface area (Å²) in [7, 11) is -2.24. The minimum absolute atomic E-state index is 0.0576. The van der Waals surface area contributed by atoms with Crippen LogP contribution in [0.15, 0.2) is 35.0 Å². The van der Waals surface area contributed by atoms with Gasteiger partial charge in [-0.15, -0.1) is 0 Å². The summed E-state index contributed by atoms with van der Waals surface area (Å²) >= 11 is 6.33. The molecule has 2 aromatic heterocycles. The van der Waals surface area contributed by atoms with Crippen molar-refractivity contribution in [3.8, 4) is 22.6 Å². The molecule has 0 saturated heterocycles. The van der Waals surface area contributed by atoms with Crippen LogP contribution in [0.1, 0.15) is 57.9 Å². The lowest BCUT2D eigenvalue weighted by molar-refractivity contribution is -0.144. The zero-order chi connectivity index (χ0) is 28.5. The molecule has 3 aromatic rings. The van der Waals surface area contributed by atoms with Gasteiger partial charge in [-0.25, -0.2) is 0 Å². The lowest BCUT2D eigenvalue weighted by Crippen LogP contribution is -2.44. The molecule has 2 atom stereocenters. The Morgan fingerprint density at radius 3 is 2.39 bits per heavy atom. The number of aliphatic hydroxyl groups is 2. The van der Waals surface area contributed by atoms with Crippen LogP contribution >= 0.6 is 11.6 Å². The predicted octanol–water partition coefficient (Wildman–Crippen LogP) is 7.09. The Bertz CT molecular complexity index is 1240. The second-order valence-electron chi connectivity index (χ2n) is 10.9. The molecule has 0 bridgehead atoms. The van der Waals surface area contributed by atoms with Gasteiger partial charge in [0, 0.05) is 12.2 Å². The minimum Gasteiger partial charge on any atom is -0.412 e. The van der Waals surface area contributed by atoms with Gasteiger partial charge in [-0.2, -0.15) is 18.3 Å². The average Bonchev–Trinajstić information content (AvgIpc) is 3.40. The van der Waals surface area contributed by atoms with Crippen molar-refractivity contribution < 1.29 is 32.3 Å². The summed E-state index contributed by atoms with van der Waals surface area (Å²) in [5.41, 5.74) is -0.783. The maximum atomic E-state index is 14.5. The molecule has 3 rings (SSSR count). The van der Waals surface area contributed by atoms with Gasteiger partial charge in [0.1, 0.15) is 5.69 Å². The molecule has 0 aliphatic heterocycles. The first kappa shape index (κ1) is 30.4. The van der Waals surface area contributed by atoms with E-state index < -0.39 is 32.4 Å². The first-order valence-electron chi connectivity index (χ1n) is 12.4. The molecule has 0 radical (unpaired) electrons. The van der Waals surface area contributed by atoms with Crippen LogP contribution in [0.5, 0.6) is 0 Å². The van der Waals surface area contributed by atoms with Crippen molar-refractivity contribution in [2.45, 2.75) is 83.6 Å². The normalized spacial score (nSPS) is 14.6. The molecule has 12 heteroatoms. The van der Waals surface area contributed by atoms with Gasteiger partial charge in [0.05, 0.1) is 41.1 Å². The third-order valence-electron chi connectivity index (χ3n) is 6.91. The molecule has 0 fully saturated rings. The van der Waals surface area contributed by atoms with Crippen LogP contribution in [0.4, 0.5) is 13.2 Å². The number of rotatable bonds is 10. The SMILES string of the molecule is C[C@@H](Cn1ncc(-c2onc(-c3ccccc3Cl)c2C(O)CCCO)c1C(F)(F)F)O[Si](C)(C)C(C)(C)C. The Morgan fingerprint density at radius 1 is 1.16 bits per heavy atom. The van der Waals surface area contributed by atoms with Crippen molar-refractivity contribution in [2.75, 3.05) is 6.61 Å². The third-order valence-corrected chi connectivity index (χ3v) is 11.8. The number of nitrogens with zero attached hydrogens (tertiary/aromatic N) is 3. The predicted molar refractivity (Wildman–Crippen MR) is 142 cm³/mol. The summed E-state index contributed by atoms with van der Waals surface area (Å²) in [4.78, 5) is 0. The van der Waals surface area contributed by atoms with E-state index in [0.717, 1.165) is 10.9 Å². The molecular weight excluding hydrogens is 539 g/mol. The first-order valence-corrected chi connectivity index (χ1v) is 15.7. The third kappa shape index (κ3) is 6.51. The van der Waals surface area contributed by atoms with E-state index in [1.807, 2.05) is 13.1 Å². The molecule has 1 unspecified atom stereocenters. The van der Waals surface area contributed by atoms with Gasteiger partial charge in [0.15, 0.2) is 19.8 Å². The average molecular weight is 574 g/mol. The van der Waals surface area contributed by atoms with Crippen molar-refractivity contribution in [1.82, 2.24) is 14.9 Å². The second kappa shape index (κ2) is 11.5. The van der Waals surface area contributed by atoms with Crippen LogP contribution in [0.2, 0.25) is 23.2 Å². The summed E-state index contributed by atoms with van der Waals surface area (Å²) in [5.74, 6) is -0.248. The molecule has 210 valence electrons. The molecule has 0 aliphatic rings. The van der Waals surface area contributed by atoms with Crippen LogP contribution < -0.4 is 0 Å². The number of halogens is 4. The van der Waals surface area contributed by atoms with E-state index in [-0.39, 0.29) is 53.6 Å². The van der Waals surface area contributed by atoms with Crippen LogP contribution in [-0.2, 0) is 17.1 Å². The molecule has 38 heavy (non-hydrogen) atoms. The molecule has 7 nitrogen and oxygen atoms in total. The summed E-state index contributed by atoms with van der Waals surface area (Å²) in [6.07, 6.45) is -5.21. The molecule has 0 aliphatic carbocycles. The standard InChI is InChI=1S/C26H35ClF3N3O4Si/c1-16(37-38(5,6)25(2,3)4)15-33-24(26(28,29)30)18(14-31-33)23-21(20(35)12-9-13-34)22(32-36-23)17-10-7-8-11-19(17)27/h7-8,10-11,14,16,20,34-35H,9,12-13,15H2,1-6H3/t16-,20?/m0/s1. The van der Waals surface area contributed by atoms with Gasteiger partial charge in [0.2, 0.25) is 0 Å². The van der Waals surface area contributed by atoms with E-state index in [0.29, 0.717) is 10.6 Å². The van der Waals surface area contributed by atoms with Crippen molar-refractivity contribution in [1.29, 1.82) is 0 Å². The van der Waals surface area contributed by atoms with Crippen LogP contribution in [0, 0.1) is 0 Å². The Balaban J connectivity index is 2.11. The van der Waals surface area contributed by atoms with E-state index in [9.17, 15) is 23.4 Å². The van der Waals surface area contributed by atoms with Gasteiger partial charge < -0.3 is 19.2 Å². The molecular formula is C26H35ClF3N3O4Si. The number of hydrogen-bond donors (Lipinski definition) is 2. The highest BCUT2D eigenvalue weighted by molar-refractivity contribution is 6.74. The van der Waals surface area contributed by atoms with E-state index in [1.165, 1.54) is 0 Å². The summed E-state index contributed by atoms with van der Waals surface area (Å²) in [5, 5.41) is 28.5. The van der Waals surface area contributed by atoms with Crippen molar-refractivity contribution in [3.63, 3.8) is 0 Å². The lowest BCUT2D eigenvalue weighted by Gasteiger charge is -2.38. The highest BCUT2D eigenvalue weighted by Crippen LogP contribution is 2.44. The van der Waals surface area contributed by atoms with Crippen molar-refractivity contribution in [3.05, 3.63) is 46.7 Å². The van der Waals surface area contributed by atoms with Crippen LogP contribution in [-0.4, -0.2) is 46.2 Å². The molecule has 0 saturated carbocycles. The maximum absolute atomic E-state index is 14.5. The van der Waals surface area contributed by atoms with Gasteiger partial charge in [-0.3, -0.25) is 4.68 Å². The number of alkyl halides is 3. The summed E-state index contributed by atoms with van der Waals surface area (Å²) in [6.45, 7) is 11.7. The van der Waals surface area contributed by atoms with Crippen LogP contribution in [0.3, 0.4) is 0 Å². The zero-order valence-electron chi connectivity index (χ0n) is 22.4. The van der Waals surface area contributed by atoms with Crippen molar-refractivity contribution in [2.24, 2.45) is 0 Å². The van der Waals surface area contributed by atoms with E-state index in [2.05, 4.69) is 31.0 Å². The van der Waals surface area contributed by atoms with Crippen molar-refractivity contribution >= 4 is 19.9 Å². The fourth-order valence-corrected chi connectivity index (χ4v) is 5.69. The Morgan fingerprint density at radius 2 is 1.82 bits per heavy atom. The maximum Gasteiger partial charge on any atom is 0.433 e. The van der Waals surface area contributed by atoms with Gasteiger partial charge in [0.25, 0.3) is 0 Å². The van der Waals surface area contributed by atoms with E-state index in [1.54, 1.807) is 31.2 Å². The topological polar surface area (TPSA) is 93.5 Å².